The van der Waals surface area contributed by atoms with Gasteiger partial charge in [0.2, 0.25) is 5.75 Å². The maximum Gasteiger partial charge on any atom is 0.203 e. The van der Waals surface area contributed by atoms with Crippen LogP contribution in [0.5, 0.6) is 17.2 Å². The van der Waals surface area contributed by atoms with E-state index in [0.717, 1.165) is 11.3 Å². The Kier molecular flexibility index (Phi) is 6.97. The molecule has 0 unspecified atom stereocenters. The Morgan fingerprint density at radius 1 is 1.07 bits per heavy atom. The molecule has 0 radical (unpaired) electrons. The molecule has 0 fully saturated rings. The summed E-state index contributed by atoms with van der Waals surface area (Å²) in [7, 11) is 4.64. The molecule has 1 aromatic heterocycles. The van der Waals surface area contributed by atoms with Gasteiger partial charge in [0, 0.05) is 10.7 Å². The van der Waals surface area contributed by atoms with E-state index in [2.05, 4.69) is 10.3 Å². The highest BCUT2D eigenvalue weighted by atomic mass is 35.5. The lowest BCUT2D eigenvalue weighted by Gasteiger charge is -2.12. The van der Waals surface area contributed by atoms with Crippen molar-refractivity contribution in [3.8, 4) is 17.2 Å². The van der Waals surface area contributed by atoms with Crippen molar-refractivity contribution in [1.29, 1.82) is 0 Å². The van der Waals surface area contributed by atoms with E-state index in [1.807, 2.05) is 19.1 Å². The van der Waals surface area contributed by atoms with Crippen molar-refractivity contribution < 1.29 is 19.0 Å². The SMILES string of the molecule is COc1cc(/C=C/C(=O)c2sc(Nc3ccc(Cl)cc3)nc2C)cc(OC)c1OC. The predicted octanol–water partition coefficient (Wildman–Crippen LogP) is 5.77. The first-order valence-corrected chi connectivity index (χ1v) is 10.2. The maximum absolute atomic E-state index is 12.7. The van der Waals surface area contributed by atoms with Crippen molar-refractivity contribution in [2.75, 3.05) is 26.6 Å². The molecule has 8 heteroatoms. The average molecular weight is 445 g/mol. The molecule has 0 saturated heterocycles. The first-order chi connectivity index (χ1) is 14.4. The van der Waals surface area contributed by atoms with Gasteiger partial charge in [0.15, 0.2) is 22.4 Å². The zero-order valence-corrected chi connectivity index (χ0v) is 18.6. The summed E-state index contributed by atoms with van der Waals surface area (Å²) in [5, 5.41) is 4.48. The van der Waals surface area contributed by atoms with E-state index >= 15 is 0 Å². The summed E-state index contributed by atoms with van der Waals surface area (Å²) in [5.41, 5.74) is 2.26. The molecule has 0 amide bonds. The number of nitrogens with one attached hydrogen (secondary N) is 1. The molecular weight excluding hydrogens is 424 g/mol. The molecule has 0 aliphatic carbocycles. The molecule has 3 rings (SSSR count). The number of carbonyl (C=O) groups excluding carboxylic acids is 1. The average Bonchev–Trinajstić information content (AvgIpc) is 3.12. The fourth-order valence-electron chi connectivity index (χ4n) is 2.78. The van der Waals surface area contributed by atoms with Crippen LogP contribution in [0.4, 0.5) is 10.8 Å². The number of carbonyl (C=O) groups is 1. The van der Waals surface area contributed by atoms with Gasteiger partial charge in [0.1, 0.15) is 0 Å². The Morgan fingerprint density at radius 2 is 1.70 bits per heavy atom. The number of methoxy groups -OCH3 is 3. The smallest absolute Gasteiger partial charge is 0.203 e. The fraction of sp³-hybridized carbons (Fsp3) is 0.182. The van der Waals surface area contributed by atoms with Crippen molar-refractivity contribution in [2.24, 2.45) is 0 Å². The number of hydrogen-bond donors (Lipinski definition) is 1. The van der Waals surface area contributed by atoms with Gasteiger partial charge >= 0.3 is 0 Å². The number of hydrogen-bond acceptors (Lipinski definition) is 7. The fourth-order valence-corrected chi connectivity index (χ4v) is 3.81. The standard InChI is InChI=1S/C22H21ClN2O4S/c1-13-21(30-22(24-13)25-16-8-6-15(23)7-9-16)17(26)10-5-14-11-18(27-2)20(29-4)19(12-14)28-3/h5-12H,1-4H3,(H,24,25)/b10-5+. The monoisotopic (exact) mass is 444 g/mol. The van der Waals surface area contributed by atoms with Crippen LogP contribution in [0.2, 0.25) is 5.02 Å². The van der Waals surface area contributed by atoms with Gasteiger partial charge in [0.05, 0.1) is 31.9 Å². The summed E-state index contributed by atoms with van der Waals surface area (Å²) in [6.45, 7) is 1.81. The quantitative estimate of drug-likeness (QED) is 0.351. The van der Waals surface area contributed by atoms with Gasteiger partial charge in [-0.25, -0.2) is 4.98 Å². The zero-order chi connectivity index (χ0) is 21.7. The van der Waals surface area contributed by atoms with Crippen LogP contribution in [0.3, 0.4) is 0 Å². The molecule has 2 aromatic carbocycles. The van der Waals surface area contributed by atoms with Crippen molar-refractivity contribution in [2.45, 2.75) is 6.92 Å². The minimum atomic E-state index is -0.136. The molecule has 6 nitrogen and oxygen atoms in total. The van der Waals surface area contributed by atoms with Gasteiger partial charge in [0.25, 0.3) is 0 Å². The number of thiazole rings is 1. The highest BCUT2D eigenvalue weighted by Gasteiger charge is 2.15. The number of allylic oxidation sites excluding steroid dienone is 1. The van der Waals surface area contributed by atoms with E-state index in [0.29, 0.717) is 38.0 Å². The summed E-state index contributed by atoms with van der Waals surface area (Å²) in [6, 6.07) is 10.8. The van der Waals surface area contributed by atoms with Gasteiger partial charge < -0.3 is 19.5 Å². The number of halogens is 1. The van der Waals surface area contributed by atoms with Crippen molar-refractivity contribution in [3.05, 3.63) is 63.6 Å². The normalized spacial score (nSPS) is 10.8. The van der Waals surface area contributed by atoms with Crippen molar-refractivity contribution >= 4 is 45.6 Å². The number of ether oxygens (including phenoxy) is 3. The van der Waals surface area contributed by atoms with E-state index in [-0.39, 0.29) is 5.78 Å². The van der Waals surface area contributed by atoms with Crippen LogP contribution in [-0.2, 0) is 0 Å². The van der Waals surface area contributed by atoms with E-state index < -0.39 is 0 Å². The topological polar surface area (TPSA) is 69.7 Å². The zero-order valence-electron chi connectivity index (χ0n) is 17.0. The van der Waals surface area contributed by atoms with Crippen LogP contribution in [-0.4, -0.2) is 32.1 Å². The summed E-state index contributed by atoms with van der Waals surface area (Å²) in [6.07, 6.45) is 3.21. The molecule has 0 aliphatic heterocycles. The molecule has 0 saturated carbocycles. The Bertz CT molecular complexity index is 1050. The molecule has 0 spiro atoms. The lowest BCUT2D eigenvalue weighted by Crippen LogP contribution is -1.96. The summed E-state index contributed by atoms with van der Waals surface area (Å²) >= 11 is 7.21. The van der Waals surface area contributed by atoms with Crippen molar-refractivity contribution in [3.63, 3.8) is 0 Å². The summed E-state index contributed by atoms with van der Waals surface area (Å²) in [4.78, 5) is 17.7. The molecule has 1 heterocycles. The third-order valence-corrected chi connectivity index (χ3v) is 5.57. The van der Waals surface area contributed by atoms with Crippen LogP contribution < -0.4 is 19.5 Å². The number of ketones is 1. The number of aromatic nitrogens is 1. The molecule has 3 aromatic rings. The highest BCUT2D eigenvalue weighted by Crippen LogP contribution is 2.38. The minimum absolute atomic E-state index is 0.136. The van der Waals surface area contributed by atoms with Crippen LogP contribution in [0, 0.1) is 6.92 Å². The Morgan fingerprint density at radius 3 is 2.27 bits per heavy atom. The summed E-state index contributed by atoms with van der Waals surface area (Å²) in [5.74, 6) is 1.40. The first-order valence-electron chi connectivity index (χ1n) is 8.97. The highest BCUT2D eigenvalue weighted by molar-refractivity contribution is 7.17. The molecule has 0 bridgehead atoms. The molecule has 0 aliphatic rings. The van der Waals surface area contributed by atoms with Gasteiger partial charge in [-0.3, -0.25) is 4.79 Å². The summed E-state index contributed by atoms with van der Waals surface area (Å²) < 4.78 is 16.0. The molecule has 30 heavy (non-hydrogen) atoms. The molecular formula is C22H21ClN2O4S. The first kappa shape index (κ1) is 21.7. The van der Waals surface area contributed by atoms with E-state index in [1.54, 1.807) is 51.7 Å². The molecule has 1 N–H and O–H groups in total. The minimum Gasteiger partial charge on any atom is -0.493 e. The number of anilines is 2. The van der Waals surface area contributed by atoms with Crippen molar-refractivity contribution in [1.82, 2.24) is 4.98 Å². The number of nitrogens with zero attached hydrogens (tertiary/aromatic N) is 1. The third-order valence-electron chi connectivity index (χ3n) is 4.23. The van der Waals surface area contributed by atoms with Gasteiger partial charge in [-0.15, -0.1) is 0 Å². The van der Waals surface area contributed by atoms with E-state index in [9.17, 15) is 4.79 Å². The molecule has 156 valence electrons. The van der Waals surface area contributed by atoms with E-state index in [1.165, 1.54) is 17.4 Å². The van der Waals surface area contributed by atoms with Crippen LogP contribution >= 0.6 is 22.9 Å². The van der Waals surface area contributed by atoms with Crippen LogP contribution in [0.1, 0.15) is 20.9 Å². The van der Waals surface area contributed by atoms with Crippen LogP contribution in [0.25, 0.3) is 6.08 Å². The Hall–Kier alpha value is -3.03. The lowest BCUT2D eigenvalue weighted by atomic mass is 10.1. The number of rotatable bonds is 8. The van der Waals surface area contributed by atoms with Gasteiger partial charge in [-0.05, 0) is 55.0 Å². The second kappa shape index (κ2) is 9.65. The Balaban J connectivity index is 1.80. The Labute approximate surface area is 184 Å². The predicted molar refractivity (Wildman–Crippen MR) is 121 cm³/mol. The molecule has 0 atom stereocenters. The van der Waals surface area contributed by atoms with Gasteiger partial charge in [-0.2, -0.15) is 0 Å². The second-order valence-electron chi connectivity index (χ2n) is 6.22. The third kappa shape index (κ3) is 4.93. The number of benzene rings is 2. The van der Waals surface area contributed by atoms with E-state index in [4.69, 9.17) is 25.8 Å². The second-order valence-corrected chi connectivity index (χ2v) is 7.66. The number of aryl methyl sites for hydroxylation is 1. The lowest BCUT2D eigenvalue weighted by molar-refractivity contribution is 0.105. The maximum atomic E-state index is 12.7. The largest absolute Gasteiger partial charge is 0.493 e. The van der Waals surface area contributed by atoms with Crippen LogP contribution in [0.15, 0.2) is 42.5 Å². The van der Waals surface area contributed by atoms with Gasteiger partial charge in [-0.1, -0.05) is 29.0 Å².